The number of benzene rings is 2. The zero-order chi connectivity index (χ0) is 20.9. The van der Waals surface area contributed by atoms with Crippen LogP contribution in [0.15, 0.2) is 42.5 Å². The van der Waals surface area contributed by atoms with Crippen molar-refractivity contribution in [1.82, 2.24) is 0 Å². The maximum Gasteiger partial charge on any atom is 0.311 e. The molecule has 0 unspecified atom stereocenters. The minimum atomic E-state index is -0.856. The summed E-state index contributed by atoms with van der Waals surface area (Å²) in [4.78, 5) is 27.0. The van der Waals surface area contributed by atoms with Gasteiger partial charge in [-0.2, -0.15) is 0 Å². The molecule has 30 heavy (non-hydrogen) atoms. The maximum absolute atomic E-state index is 12.4. The fourth-order valence-corrected chi connectivity index (χ4v) is 4.02. The summed E-state index contributed by atoms with van der Waals surface area (Å²) >= 11 is 0. The van der Waals surface area contributed by atoms with Gasteiger partial charge in [0.05, 0.1) is 19.6 Å². The van der Waals surface area contributed by atoms with Crippen LogP contribution in [-0.4, -0.2) is 44.3 Å². The second kappa shape index (κ2) is 9.30. The van der Waals surface area contributed by atoms with Crippen LogP contribution in [0.5, 0.6) is 0 Å². The second-order valence-electron chi connectivity index (χ2n) is 7.90. The Morgan fingerprint density at radius 3 is 2.57 bits per heavy atom. The number of nitrogens with one attached hydrogen (secondary N) is 1. The molecule has 0 spiro atoms. The first-order valence-corrected chi connectivity index (χ1v) is 10.6. The van der Waals surface area contributed by atoms with E-state index >= 15 is 0 Å². The molecule has 1 atom stereocenters. The first-order valence-electron chi connectivity index (χ1n) is 10.6. The molecule has 1 saturated heterocycles. The number of esters is 1. The molecule has 2 aliphatic rings. The van der Waals surface area contributed by atoms with E-state index in [0.717, 1.165) is 50.4 Å². The van der Waals surface area contributed by atoms with Gasteiger partial charge in [0, 0.05) is 24.5 Å². The van der Waals surface area contributed by atoms with Gasteiger partial charge < -0.3 is 19.7 Å². The topological polar surface area (TPSA) is 67.9 Å². The third-order valence-electron chi connectivity index (χ3n) is 5.70. The quantitative estimate of drug-likeness (QED) is 0.744. The number of hydrogen-bond acceptors (Lipinski definition) is 5. The summed E-state index contributed by atoms with van der Waals surface area (Å²) in [5.74, 6) is -0.727. The molecule has 2 aromatic rings. The van der Waals surface area contributed by atoms with Crippen LogP contribution < -0.4 is 10.2 Å². The van der Waals surface area contributed by atoms with Gasteiger partial charge in [-0.05, 0) is 67.1 Å². The highest BCUT2D eigenvalue weighted by molar-refractivity contribution is 5.95. The highest BCUT2D eigenvalue weighted by Gasteiger charge is 2.19. The normalized spacial score (nSPS) is 16.6. The smallest absolute Gasteiger partial charge is 0.311 e. The van der Waals surface area contributed by atoms with Gasteiger partial charge in [0.2, 0.25) is 0 Å². The van der Waals surface area contributed by atoms with Gasteiger partial charge in [-0.1, -0.05) is 18.2 Å². The first kappa shape index (κ1) is 20.4. The van der Waals surface area contributed by atoms with E-state index in [0.29, 0.717) is 5.69 Å². The molecule has 6 nitrogen and oxygen atoms in total. The van der Waals surface area contributed by atoms with E-state index < -0.39 is 12.1 Å². The minimum Gasteiger partial charge on any atom is -0.452 e. The summed E-state index contributed by atoms with van der Waals surface area (Å²) in [5.41, 5.74) is 5.42. The third kappa shape index (κ3) is 5.00. The lowest BCUT2D eigenvalue weighted by Gasteiger charge is -2.28. The highest BCUT2D eigenvalue weighted by Crippen LogP contribution is 2.23. The Bertz CT molecular complexity index is 904. The summed E-state index contributed by atoms with van der Waals surface area (Å²) in [6, 6.07) is 13.8. The number of carbonyl (C=O) groups is 2. The summed E-state index contributed by atoms with van der Waals surface area (Å²) in [6.45, 7) is 4.78. The van der Waals surface area contributed by atoms with Crippen molar-refractivity contribution in [3.05, 3.63) is 59.2 Å². The SMILES string of the molecule is C[C@H](OC(=O)Cc1ccc2c(c1)CCC2)C(=O)Nc1ccc(N2CCOCC2)cc1. The Morgan fingerprint density at radius 2 is 1.80 bits per heavy atom. The molecule has 6 heteroatoms. The predicted octanol–water partition coefficient (Wildman–Crippen LogP) is 3.12. The van der Waals surface area contributed by atoms with Crippen LogP contribution in [0, 0.1) is 0 Å². The van der Waals surface area contributed by atoms with Gasteiger partial charge in [-0.3, -0.25) is 9.59 Å². The van der Waals surface area contributed by atoms with E-state index in [9.17, 15) is 9.59 Å². The number of nitrogens with zero attached hydrogens (tertiary/aromatic N) is 1. The molecule has 1 N–H and O–H groups in total. The number of morpholine rings is 1. The van der Waals surface area contributed by atoms with Crippen molar-refractivity contribution in [3.63, 3.8) is 0 Å². The minimum absolute atomic E-state index is 0.180. The van der Waals surface area contributed by atoms with Crippen LogP contribution in [0.4, 0.5) is 11.4 Å². The van der Waals surface area contributed by atoms with Crippen molar-refractivity contribution in [2.24, 2.45) is 0 Å². The van der Waals surface area contributed by atoms with Crippen LogP contribution >= 0.6 is 0 Å². The summed E-state index contributed by atoms with van der Waals surface area (Å²) < 4.78 is 10.7. The zero-order valence-corrected chi connectivity index (χ0v) is 17.4. The Morgan fingerprint density at radius 1 is 1.07 bits per heavy atom. The zero-order valence-electron chi connectivity index (χ0n) is 17.4. The Balaban J connectivity index is 1.27. The largest absolute Gasteiger partial charge is 0.452 e. The molecule has 0 aromatic heterocycles. The molecule has 1 aliphatic carbocycles. The molecular formula is C24H28N2O4. The number of carbonyl (C=O) groups excluding carboxylic acids is 2. The monoisotopic (exact) mass is 408 g/mol. The van der Waals surface area contributed by atoms with Crippen LogP contribution in [0.2, 0.25) is 0 Å². The van der Waals surface area contributed by atoms with Gasteiger partial charge in [0.25, 0.3) is 5.91 Å². The molecule has 1 aliphatic heterocycles. The van der Waals surface area contributed by atoms with E-state index in [4.69, 9.17) is 9.47 Å². The summed E-state index contributed by atoms with van der Waals surface area (Å²) in [7, 11) is 0. The number of amides is 1. The van der Waals surface area contributed by atoms with E-state index in [1.54, 1.807) is 6.92 Å². The molecule has 1 fully saturated rings. The van der Waals surface area contributed by atoms with Gasteiger partial charge in [-0.15, -0.1) is 0 Å². The fraction of sp³-hybridized carbons (Fsp3) is 0.417. The lowest BCUT2D eigenvalue weighted by Crippen LogP contribution is -2.36. The Kier molecular flexibility index (Phi) is 6.33. The van der Waals surface area contributed by atoms with Crippen LogP contribution in [0.3, 0.4) is 0 Å². The average molecular weight is 408 g/mol. The van der Waals surface area contributed by atoms with Gasteiger partial charge in [0.15, 0.2) is 6.10 Å². The molecule has 0 bridgehead atoms. The number of fused-ring (bicyclic) bond motifs is 1. The average Bonchev–Trinajstić information content (AvgIpc) is 3.22. The Labute approximate surface area is 177 Å². The lowest BCUT2D eigenvalue weighted by atomic mass is 10.0. The number of aryl methyl sites for hydroxylation is 2. The first-order chi connectivity index (χ1) is 14.6. The molecule has 1 amide bonds. The molecule has 0 saturated carbocycles. The van der Waals surface area contributed by atoms with Crippen LogP contribution in [0.25, 0.3) is 0 Å². The van der Waals surface area contributed by atoms with Gasteiger partial charge in [-0.25, -0.2) is 0 Å². The van der Waals surface area contributed by atoms with Crippen molar-refractivity contribution < 1.29 is 19.1 Å². The molecule has 2 aromatic carbocycles. The van der Waals surface area contributed by atoms with Crippen LogP contribution in [-0.2, 0) is 38.3 Å². The number of hydrogen-bond donors (Lipinski definition) is 1. The standard InChI is InChI=1S/C24H28N2O4/c1-17(30-23(27)16-18-5-6-19-3-2-4-20(19)15-18)24(28)25-21-7-9-22(10-8-21)26-11-13-29-14-12-26/h5-10,15,17H,2-4,11-14,16H2,1H3,(H,25,28)/t17-/m0/s1. The number of anilines is 2. The van der Waals surface area contributed by atoms with Crippen molar-refractivity contribution in [2.75, 3.05) is 36.5 Å². The molecule has 158 valence electrons. The van der Waals surface area contributed by atoms with Crippen molar-refractivity contribution in [3.8, 4) is 0 Å². The van der Waals surface area contributed by atoms with E-state index in [2.05, 4.69) is 22.3 Å². The van der Waals surface area contributed by atoms with Crippen molar-refractivity contribution in [1.29, 1.82) is 0 Å². The fourth-order valence-electron chi connectivity index (χ4n) is 4.02. The van der Waals surface area contributed by atoms with Crippen LogP contribution in [0.1, 0.15) is 30.0 Å². The van der Waals surface area contributed by atoms with Gasteiger partial charge in [0.1, 0.15) is 0 Å². The van der Waals surface area contributed by atoms with E-state index in [1.807, 2.05) is 30.3 Å². The van der Waals surface area contributed by atoms with E-state index in [-0.39, 0.29) is 12.3 Å². The maximum atomic E-state index is 12.4. The molecule has 1 heterocycles. The second-order valence-corrected chi connectivity index (χ2v) is 7.90. The molecular weight excluding hydrogens is 380 g/mol. The number of rotatable bonds is 6. The molecule has 4 rings (SSSR count). The van der Waals surface area contributed by atoms with Gasteiger partial charge >= 0.3 is 5.97 Å². The summed E-state index contributed by atoms with van der Waals surface area (Å²) in [6.07, 6.45) is 2.69. The van der Waals surface area contributed by atoms with Crippen molar-refractivity contribution >= 4 is 23.3 Å². The number of ether oxygens (including phenoxy) is 2. The van der Waals surface area contributed by atoms with E-state index in [1.165, 1.54) is 17.5 Å². The molecule has 0 radical (unpaired) electrons. The third-order valence-corrected chi connectivity index (χ3v) is 5.70. The Hall–Kier alpha value is -2.86. The summed E-state index contributed by atoms with van der Waals surface area (Å²) in [5, 5.41) is 2.82. The predicted molar refractivity (Wildman–Crippen MR) is 116 cm³/mol. The lowest BCUT2D eigenvalue weighted by molar-refractivity contribution is -0.152. The highest BCUT2D eigenvalue weighted by atomic mass is 16.5. The van der Waals surface area contributed by atoms with Crippen molar-refractivity contribution in [2.45, 2.75) is 38.7 Å².